The maximum atomic E-state index is 4.38. The van der Waals surface area contributed by atoms with Gasteiger partial charge in [0.25, 0.3) is 0 Å². The van der Waals surface area contributed by atoms with E-state index in [1.807, 2.05) is 19.4 Å². The van der Waals surface area contributed by atoms with Crippen molar-refractivity contribution < 1.29 is 0 Å². The fourth-order valence-electron chi connectivity index (χ4n) is 2.26. The third-order valence-corrected chi connectivity index (χ3v) is 3.27. The van der Waals surface area contributed by atoms with Crippen LogP contribution in [0.25, 0.3) is 0 Å². The lowest BCUT2D eigenvalue weighted by Crippen LogP contribution is -2.30. The quantitative estimate of drug-likeness (QED) is 0.702. The predicted octanol–water partition coefficient (Wildman–Crippen LogP) is 3.43. The second-order valence-electron chi connectivity index (χ2n) is 5.04. The molecule has 0 aliphatic heterocycles. The minimum absolute atomic E-state index is 0.330. The summed E-state index contributed by atoms with van der Waals surface area (Å²) in [7, 11) is 2.05. The average Bonchev–Trinajstić information content (AvgIpc) is 2.71. The maximum Gasteiger partial charge on any atom is 0.125 e. The molecule has 0 amide bonds. The first-order valence-corrected chi connectivity index (χ1v) is 6.88. The maximum absolute atomic E-state index is 4.38. The molecule has 0 aliphatic carbocycles. The molecule has 0 spiro atoms. The molecule has 0 radical (unpaired) electrons. The van der Waals surface area contributed by atoms with Crippen LogP contribution in [0.3, 0.4) is 0 Å². The van der Waals surface area contributed by atoms with Crippen LogP contribution in [0.5, 0.6) is 0 Å². The molecule has 0 saturated heterocycles. The summed E-state index contributed by atoms with van der Waals surface area (Å²) in [6, 6.07) is 0.898. The van der Waals surface area contributed by atoms with Crippen LogP contribution in [0, 0.1) is 0 Å². The molecular weight excluding hydrogens is 210 g/mol. The van der Waals surface area contributed by atoms with Crippen LogP contribution >= 0.6 is 0 Å². The van der Waals surface area contributed by atoms with Gasteiger partial charge in [-0.3, -0.25) is 0 Å². The molecule has 1 aromatic rings. The molecule has 1 aromatic heterocycles. The highest BCUT2D eigenvalue weighted by Crippen LogP contribution is 2.12. The van der Waals surface area contributed by atoms with Gasteiger partial charge in [0.2, 0.25) is 0 Å². The second kappa shape index (κ2) is 7.49. The van der Waals surface area contributed by atoms with Crippen molar-refractivity contribution in [2.75, 3.05) is 0 Å². The van der Waals surface area contributed by atoms with Crippen molar-refractivity contribution in [3.63, 3.8) is 0 Å². The van der Waals surface area contributed by atoms with Crippen LogP contribution in [0.15, 0.2) is 12.4 Å². The van der Waals surface area contributed by atoms with Gasteiger partial charge in [0.1, 0.15) is 5.82 Å². The molecule has 2 atom stereocenters. The van der Waals surface area contributed by atoms with Gasteiger partial charge < -0.3 is 9.88 Å². The largest absolute Gasteiger partial charge is 0.337 e. The van der Waals surface area contributed by atoms with Crippen molar-refractivity contribution in [3.05, 3.63) is 18.2 Å². The third kappa shape index (κ3) is 4.90. The molecule has 0 bridgehead atoms. The normalized spacial score (nSPS) is 14.8. The predicted molar refractivity (Wildman–Crippen MR) is 73.0 cm³/mol. The fraction of sp³-hybridized carbons (Fsp3) is 0.786. The Morgan fingerprint density at radius 2 is 2.06 bits per heavy atom. The van der Waals surface area contributed by atoms with Crippen molar-refractivity contribution in [2.24, 2.45) is 7.05 Å². The van der Waals surface area contributed by atoms with Crippen molar-refractivity contribution in [1.82, 2.24) is 14.9 Å². The van der Waals surface area contributed by atoms with Gasteiger partial charge in [-0.25, -0.2) is 4.98 Å². The summed E-state index contributed by atoms with van der Waals surface area (Å²) < 4.78 is 2.08. The number of imidazole rings is 1. The highest BCUT2D eigenvalue weighted by molar-refractivity contribution is 4.97. The molecular formula is C14H27N3. The first-order valence-electron chi connectivity index (χ1n) is 6.88. The van der Waals surface area contributed by atoms with E-state index in [1.54, 1.807) is 0 Å². The minimum atomic E-state index is 0.330. The summed E-state index contributed by atoms with van der Waals surface area (Å²) in [4.78, 5) is 4.38. The van der Waals surface area contributed by atoms with E-state index >= 15 is 0 Å². The van der Waals surface area contributed by atoms with Crippen LogP contribution in [-0.2, 0) is 7.05 Å². The third-order valence-electron chi connectivity index (χ3n) is 3.27. The number of rotatable bonds is 8. The van der Waals surface area contributed by atoms with E-state index in [1.165, 1.54) is 32.1 Å². The summed E-state index contributed by atoms with van der Waals surface area (Å²) in [6.45, 7) is 6.71. The molecule has 2 unspecified atom stereocenters. The number of nitrogens with zero attached hydrogens (tertiary/aromatic N) is 2. The summed E-state index contributed by atoms with van der Waals surface area (Å²) >= 11 is 0. The van der Waals surface area contributed by atoms with Crippen LogP contribution in [0.1, 0.15) is 64.7 Å². The standard InChI is InChI=1S/C14H27N3/c1-5-6-7-8-9-12(2)16-13(3)14-15-10-11-17(14)4/h10-13,16H,5-9H2,1-4H3. The zero-order valence-corrected chi connectivity index (χ0v) is 11.7. The van der Waals surface area contributed by atoms with Gasteiger partial charge in [-0.2, -0.15) is 0 Å². The monoisotopic (exact) mass is 237 g/mol. The number of hydrogen-bond donors (Lipinski definition) is 1. The van der Waals surface area contributed by atoms with Crippen molar-refractivity contribution in [1.29, 1.82) is 0 Å². The number of aryl methyl sites for hydroxylation is 1. The Hall–Kier alpha value is -0.830. The first kappa shape index (κ1) is 14.2. The van der Waals surface area contributed by atoms with E-state index in [0.29, 0.717) is 12.1 Å². The van der Waals surface area contributed by atoms with Crippen molar-refractivity contribution >= 4 is 0 Å². The minimum Gasteiger partial charge on any atom is -0.337 e. The van der Waals surface area contributed by atoms with Gasteiger partial charge in [-0.1, -0.05) is 32.6 Å². The summed E-state index contributed by atoms with van der Waals surface area (Å²) in [5.74, 6) is 1.12. The molecule has 0 aliphatic rings. The first-order chi connectivity index (χ1) is 8.15. The Morgan fingerprint density at radius 1 is 1.29 bits per heavy atom. The van der Waals surface area contributed by atoms with E-state index in [0.717, 1.165) is 5.82 Å². The molecule has 3 heteroatoms. The molecule has 0 fully saturated rings. The van der Waals surface area contributed by atoms with Gasteiger partial charge in [-0.15, -0.1) is 0 Å². The summed E-state index contributed by atoms with van der Waals surface area (Å²) in [6.07, 6.45) is 10.5. The molecule has 98 valence electrons. The highest BCUT2D eigenvalue weighted by atomic mass is 15.1. The Morgan fingerprint density at radius 3 is 2.65 bits per heavy atom. The zero-order valence-electron chi connectivity index (χ0n) is 11.7. The second-order valence-corrected chi connectivity index (χ2v) is 5.04. The molecule has 1 heterocycles. The van der Waals surface area contributed by atoms with Gasteiger partial charge >= 0.3 is 0 Å². The molecule has 1 N–H and O–H groups in total. The molecule has 1 rings (SSSR count). The number of unbranched alkanes of at least 4 members (excludes halogenated alkanes) is 3. The fourth-order valence-corrected chi connectivity index (χ4v) is 2.26. The van der Waals surface area contributed by atoms with Crippen molar-refractivity contribution in [3.8, 4) is 0 Å². The number of aromatic nitrogens is 2. The van der Waals surface area contributed by atoms with E-state index in [-0.39, 0.29) is 0 Å². The Balaban J connectivity index is 2.26. The van der Waals surface area contributed by atoms with E-state index in [4.69, 9.17) is 0 Å². The molecule has 3 nitrogen and oxygen atoms in total. The Bertz CT molecular complexity index is 306. The highest BCUT2D eigenvalue weighted by Gasteiger charge is 2.12. The molecule has 17 heavy (non-hydrogen) atoms. The van der Waals surface area contributed by atoms with Gasteiger partial charge in [0.15, 0.2) is 0 Å². The van der Waals surface area contributed by atoms with Crippen LogP contribution < -0.4 is 5.32 Å². The van der Waals surface area contributed by atoms with Crippen LogP contribution in [0.4, 0.5) is 0 Å². The zero-order chi connectivity index (χ0) is 12.7. The lowest BCUT2D eigenvalue weighted by Gasteiger charge is -2.19. The van der Waals surface area contributed by atoms with E-state index in [9.17, 15) is 0 Å². The number of hydrogen-bond acceptors (Lipinski definition) is 2. The lowest BCUT2D eigenvalue weighted by molar-refractivity contribution is 0.422. The Labute approximate surface area is 106 Å². The molecule has 0 saturated carbocycles. The topological polar surface area (TPSA) is 29.9 Å². The average molecular weight is 237 g/mol. The van der Waals surface area contributed by atoms with Crippen LogP contribution in [0.2, 0.25) is 0 Å². The SMILES string of the molecule is CCCCCCC(C)NC(C)c1nccn1C. The van der Waals surface area contributed by atoms with Gasteiger partial charge in [0, 0.05) is 25.5 Å². The summed E-state index contributed by atoms with van der Waals surface area (Å²) in [5.41, 5.74) is 0. The van der Waals surface area contributed by atoms with Crippen molar-refractivity contribution in [2.45, 2.75) is 65.0 Å². The number of nitrogens with one attached hydrogen (secondary N) is 1. The Kier molecular flexibility index (Phi) is 6.27. The lowest BCUT2D eigenvalue weighted by atomic mass is 10.1. The van der Waals surface area contributed by atoms with E-state index in [2.05, 4.69) is 35.6 Å². The smallest absolute Gasteiger partial charge is 0.125 e. The van der Waals surface area contributed by atoms with Gasteiger partial charge in [0.05, 0.1) is 6.04 Å². The van der Waals surface area contributed by atoms with E-state index < -0.39 is 0 Å². The van der Waals surface area contributed by atoms with Crippen LogP contribution in [-0.4, -0.2) is 15.6 Å². The molecule has 0 aromatic carbocycles. The summed E-state index contributed by atoms with van der Waals surface area (Å²) in [5, 5.41) is 3.62. The van der Waals surface area contributed by atoms with Gasteiger partial charge in [-0.05, 0) is 20.3 Å².